The van der Waals surface area contributed by atoms with Crippen LogP contribution in [0.15, 0.2) is 50.6 Å². The summed E-state index contributed by atoms with van der Waals surface area (Å²) in [6, 6.07) is 8.85. The van der Waals surface area contributed by atoms with Crippen molar-refractivity contribution in [3.8, 4) is 11.5 Å². The number of nitrogens with zero attached hydrogens (tertiary/aromatic N) is 2. The van der Waals surface area contributed by atoms with Crippen LogP contribution in [0.5, 0.6) is 0 Å². The predicted octanol–water partition coefficient (Wildman–Crippen LogP) is 1.44. The summed E-state index contributed by atoms with van der Waals surface area (Å²) in [5.74, 6) is -0.451. The van der Waals surface area contributed by atoms with Gasteiger partial charge in [-0.3, -0.25) is 14.4 Å². The highest BCUT2D eigenvalue weighted by Crippen LogP contribution is 2.24. The summed E-state index contributed by atoms with van der Waals surface area (Å²) in [6.07, 6.45) is 1.18. The smallest absolute Gasteiger partial charge is 0.287 e. The van der Waals surface area contributed by atoms with Crippen LogP contribution in [0, 0.1) is 0 Å². The number of carbonyl (C=O) groups excluding carboxylic acids is 2. The van der Waals surface area contributed by atoms with E-state index in [0.29, 0.717) is 10.6 Å². The molecule has 0 unspecified atom stereocenters. The average Bonchev–Trinajstić information content (AvgIpc) is 3.09. The molecular weight excluding hydrogens is 318 g/mol. The van der Waals surface area contributed by atoms with Gasteiger partial charge in [0.2, 0.25) is 11.8 Å². The van der Waals surface area contributed by atoms with Gasteiger partial charge in [-0.15, -0.1) is 5.10 Å². The highest BCUT2D eigenvalue weighted by atomic mass is 32.2. The lowest BCUT2D eigenvalue weighted by Crippen LogP contribution is -2.24. The number of para-hydroxylation sites is 1. The number of carbonyl (C=O) groups is 2. The third-order valence-corrected chi connectivity index (χ3v) is 4.29. The Morgan fingerprint density at radius 3 is 2.96 bits per heavy atom. The fourth-order valence-electron chi connectivity index (χ4n) is 2.30. The number of benzene rings is 1. The molecule has 0 saturated carbocycles. The molecule has 0 spiro atoms. The number of allylic oxidation sites excluding steroid dienone is 1. The molecule has 4 rings (SSSR count). The molecule has 3 aliphatic heterocycles. The van der Waals surface area contributed by atoms with Crippen LogP contribution in [0.2, 0.25) is 0 Å². The first-order valence-electron chi connectivity index (χ1n) is 6.72. The van der Waals surface area contributed by atoms with Gasteiger partial charge in [-0.1, -0.05) is 30.0 Å². The lowest BCUT2D eigenvalue weighted by Gasteiger charge is -1.98. The zero-order chi connectivity index (χ0) is 16.0. The van der Waals surface area contributed by atoms with Gasteiger partial charge in [0.05, 0.1) is 10.8 Å². The molecule has 8 heteroatoms. The van der Waals surface area contributed by atoms with E-state index in [0.717, 1.165) is 10.1 Å². The number of thioether (sulfide) groups is 1. The van der Waals surface area contributed by atoms with Gasteiger partial charge < -0.3 is 9.73 Å². The van der Waals surface area contributed by atoms with Crippen molar-refractivity contribution in [3.63, 3.8) is 0 Å². The minimum atomic E-state index is -0.629. The summed E-state index contributed by atoms with van der Waals surface area (Å²) < 4.78 is 6.31. The number of hydrogen-bond acceptors (Lipinski definition) is 6. The van der Waals surface area contributed by atoms with E-state index < -0.39 is 11.5 Å². The quantitative estimate of drug-likeness (QED) is 0.680. The Hall–Kier alpha value is -2.87. The number of amides is 1. The fourth-order valence-corrected chi connectivity index (χ4v) is 3.03. The zero-order valence-corrected chi connectivity index (χ0v) is 12.4. The van der Waals surface area contributed by atoms with Gasteiger partial charge >= 0.3 is 0 Å². The maximum absolute atomic E-state index is 12.3. The monoisotopic (exact) mass is 327 g/mol. The zero-order valence-electron chi connectivity index (χ0n) is 11.6. The van der Waals surface area contributed by atoms with E-state index in [1.165, 1.54) is 17.8 Å². The van der Waals surface area contributed by atoms with Crippen LogP contribution in [-0.2, 0) is 4.79 Å². The van der Waals surface area contributed by atoms with Crippen LogP contribution >= 0.6 is 11.8 Å². The predicted molar refractivity (Wildman–Crippen MR) is 84.2 cm³/mol. The maximum atomic E-state index is 12.3. The van der Waals surface area contributed by atoms with Gasteiger partial charge in [-0.05, 0) is 12.1 Å². The first-order valence-corrected chi connectivity index (χ1v) is 7.71. The topological polar surface area (TPSA) is 94.2 Å². The van der Waals surface area contributed by atoms with E-state index in [1.54, 1.807) is 12.1 Å². The first-order chi connectivity index (χ1) is 11.1. The Labute approximate surface area is 133 Å². The van der Waals surface area contributed by atoms with Crippen molar-refractivity contribution in [2.24, 2.45) is 0 Å². The number of rotatable bonds is 1. The van der Waals surface area contributed by atoms with E-state index in [1.807, 2.05) is 18.2 Å². The number of nitrogens with one attached hydrogen (secondary N) is 1. The van der Waals surface area contributed by atoms with Crippen molar-refractivity contribution in [1.82, 2.24) is 15.1 Å². The molecular formula is C15H9N3O4S. The Kier molecular flexibility index (Phi) is 3.05. The van der Waals surface area contributed by atoms with E-state index in [4.69, 9.17) is 4.42 Å². The summed E-state index contributed by atoms with van der Waals surface area (Å²) >= 11 is 1.20. The van der Waals surface area contributed by atoms with Gasteiger partial charge in [-0.2, -0.15) is 4.68 Å². The lowest BCUT2D eigenvalue weighted by atomic mass is 10.2. The molecule has 7 nitrogen and oxygen atoms in total. The molecule has 23 heavy (non-hydrogen) atoms. The molecule has 1 aromatic rings. The van der Waals surface area contributed by atoms with Crippen molar-refractivity contribution in [1.29, 1.82) is 0 Å². The third-order valence-electron chi connectivity index (χ3n) is 3.35. The summed E-state index contributed by atoms with van der Waals surface area (Å²) in [4.78, 5) is 35.7. The minimum Gasteiger partial charge on any atom is -0.436 e. The molecule has 3 aliphatic rings. The summed E-state index contributed by atoms with van der Waals surface area (Å²) in [5.41, 5.74) is 0.262. The summed E-state index contributed by atoms with van der Waals surface area (Å²) in [7, 11) is 0. The van der Waals surface area contributed by atoms with E-state index >= 15 is 0 Å². The fraction of sp³-hybridized carbons (Fsp3) is 0.0667. The molecule has 0 aromatic heterocycles. The normalized spacial score (nSPS) is 16.3. The molecule has 0 radical (unpaired) electrons. The SMILES string of the molecule is O=C1CS/C(=C\C(=O)n2nc3oc4ccccc4cc-3c2=O)N1. The molecule has 0 bridgehead atoms. The summed E-state index contributed by atoms with van der Waals surface area (Å²) in [6.45, 7) is 0. The second-order valence-electron chi connectivity index (χ2n) is 4.90. The third kappa shape index (κ3) is 2.33. The van der Waals surface area contributed by atoms with Crippen LogP contribution < -0.4 is 10.9 Å². The Morgan fingerprint density at radius 2 is 2.17 bits per heavy atom. The lowest BCUT2D eigenvalue weighted by molar-refractivity contribution is -0.117. The largest absolute Gasteiger partial charge is 0.436 e. The minimum absolute atomic E-state index is 0.101. The molecule has 1 aromatic carbocycles. The second-order valence-corrected chi connectivity index (χ2v) is 5.92. The molecule has 1 saturated heterocycles. The number of aromatic nitrogens is 2. The average molecular weight is 327 g/mol. The number of fused-ring (bicyclic) bond motifs is 2. The van der Waals surface area contributed by atoms with Crippen molar-refractivity contribution < 1.29 is 14.0 Å². The Morgan fingerprint density at radius 1 is 1.35 bits per heavy atom. The number of hydrogen-bond donors (Lipinski definition) is 1. The molecule has 1 amide bonds. The van der Waals surface area contributed by atoms with E-state index in [2.05, 4.69) is 10.4 Å². The summed E-state index contributed by atoms with van der Waals surface area (Å²) in [5, 5.41) is 7.63. The van der Waals surface area contributed by atoms with E-state index in [-0.39, 0.29) is 23.1 Å². The maximum Gasteiger partial charge on any atom is 0.287 e. The molecule has 0 atom stereocenters. The van der Waals surface area contributed by atoms with Crippen molar-refractivity contribution in [2.75, 3.05) is 5.75 Å². The van der Waals surface area contributed by atoms with Gasteiger partial charge in [0.1, 0.15) is 11.1 Å². The van der Waals surface area contributed by atoms with Crippen molar-refractivity contribution >= 4 is 34.5 Å². The van der Waals surface area contributed by atoms with Gasteiger partial charge in [-0.25, -0.2) is 0 Å². The van der Waals surface area contributed by atoms with Crippen LogP contribution in [0.4, 0.5) is 0 Å². The van der Waals surface area contributed by atoms with Crippen LogP contribution in [0.3, 0.4) is 0 Å². The van der Waals surface area contributed by atoms with Crippen molar-refractivity contribution in [3.05, 3.63) is 51.8 Å². The highest BCUT2D eigenvalue weighted by Gasteiger charge is 2.23. The first kappa shape index (κ1) is 13.8. The van der Waals surface area contributed by atoms with Crippen molar-refractivity contribution in [2.45, 2.75) is 0 Å². The highest BCUT2D eigenvalue weighted by molar-refractivity contribution is 8.04. The standard InChI is InChI=1S/C15H9N3O4S/c19-11-7-23-12(16-11)6-13(20)18-15(21)9-5-8-3-1-2-4-10(8)22-14(9)17-18/h1-6H,7H2,(H,16,19)/b12-6-. The van der Waals surface area contributed by atoms with Gasteiger partial charge in [0.15, 0.2) is 0 Å². The molecule has 0 aliphatic carbocycles. The van der Waals surface area contributed by atoms with Crippen LogP contribution in [-0.4, -0.2) is 27.3 Å². The molecule has 3 heterocycles. The van der Waals surface area contributed by atoms with E-state index in [9.17, 15) is 14.4 Å². The van der Waals surface area contributed by atoms with Crippen LogP contribution in [0.1, 0.15) is 4.79 Å². The van der Waals surface area contributed by atoms with Gasteiger partial charge in [0.25, 0.3) is 11.5 Å². The molecule has 1 N–H and O–H groups in total. The Balaban J connectivity index is 1.82. The van der Waals surface area contributed by atoms with Gasteiger partial charge in [0, 0.05) is 11.5 Å². The Bertz CT molecular complexity index is 1020. The molecule has 1 fully saturated rings. The molecule has 114 valence electrons. The van der Waals surface area contributed by atoms with Crippen LogP contribution in [0.25, 0.3) is 22.4 Å². The second kappa shape index (κ2) is 5.10.